The lowest BCUT2D eigenvalue weighted by molar-refractivity contribution is -0.150. The van der Waals surface area contributed by atoms with E-state index in [2.05, 4.69) is 0 Å². The molecule has 0 saturated heterocycles. The van der Waals surface area contributed by atoms with Crippen molar-refractivity contribution < 1.29 is 19.4 Å². The van der Waals surface area contributed by atoms with E-state index in [9.17, 15) is 9.90 Å². The van der Waals surface area contributed by atoms with E-state index >= 15 is 0 Å². The smallest absolute Gasteiger partial charge is 0.311 e. The Bertz CT molecular complexity index is 473. The summed E-state index contributed by atoms with van der Waals surface area (Å²) < 4.78 is 10.9. The van der Waals surface area contributed by atoms with Crippen molar-refractivity contribution in [2.75, 3.05) is 20.3 Å². The molecule has 0 spiro atoms. The first-order valence-corrected chi connectivity index (χ1v) is 6.83. The van der Waals surface area contributed by atoms with Crippen LogP contribution in [0, 0.1) is 11.3 Å². The van der Waals surface area contributed by atoms with Gasteiger partial charge in [-0.25, -0.2) is 0 Å². The summed E-state index contributed by atoms with van der Waals surface area (Å²) in [5, 5.41) is 9.47. The van der Waals surface area contributed by atoms with E-state index in [-0.39, 0.29) is 12.5 Å². The zero-order valence-electron chi connectivity index (χ0n) is 11.7. The molecule has 1 unspecified atom stereocenters. The zero-order chi connectivity index (χ0) is 14.6. The molecule has 0 bridgehead atoms. The number of aliphatic carboxylic acids is 1. The number of carboxylic acid groups (broad SMARTS) is 1. The first kappa shape index (κ1) is 14.7. The summed E-state index contributed by atoms with van der Waals surface area (Å²) in [4.78, 5) is 11.5. The van der Waals surface area contributed by atoms with Crippen molar-refractivity contribution in [1.82, 2.24) is 0 Å². The van der Waals surface area contributed by atoms with Gasteiger partial charge in [0.2, 0.25) is 0 Å². The summed E-state index contributed by atoms with van der Waals surface area (Å²) in [7, 11) is 1.58. The maximum absolute atomic E-state index is 11.5. The average Bonchev–Trinajstić information content (AvgIpc) is 3.29. The molecule has 5 nitrogen and oxygen atoms in total. The second-order valence-corrected chi connectivity index (χ2v) is 5.19. The van der Waals surface area contributed by atoms with Crippen LogP contribution in [0.4, 0.5) is 0 Å². The maximum atomic E-state index is 11.5. The van der Waals surface area contributed by atoms with Crippen LogP contribution in [-0.2, 0) is 4.79 Å². The largest absolute Gasteiger partial charge is 0.493 e. The summed E-state index contributed by atoms with van der Waals surface area (Å²) in [6.07, 6.45) is 2.30. The van der Waals surface area contributed by atoms with Gasteiger partial charge in [0.1, 0.15) is 0 Å². The summed E-state index contributed by atoms with van der Waals surface area (Å²) >= 11 is 0. The quantitative estimate of drug-likeness (QED) is 0.759. The zero-order valence-corrected chi connectivity index (χ0v) is 11.7. The van der Waals surface area contributed by atoms with Gasteiger partial charge in [0, 0.05) is 6.54 Å². The number of carbonyl (C=O) groups is 1. The highest BCUT2D eigenvalue weighted by Crippen LogP contribution is 2.47. The van der Waals surface area contributed by atoms with Gasteiger partial charge in [-0.05, 0) is 37.3 Å². The number of carboxylic acids is 1. The van der Waals surface area contributed by atoms with E-state index < -0.39 is 11.4 Å². The molecule has 3 N–H and O–H groups in total. The van der Waals surface area contributed by atoms with Crippen LogP contribution < -0.4 is 15.2 Å². The summed E-state index contributed by atoms with van der Waals surface area (Å²) in [5.74, 6) is 0.645. The van der Waals surface area contributed by atoms with Crippen LogP contribution in [0.25, 0.3) is 0 Å². The van der Waals surface area contributed by atoms with Crippen LogP contribution >= 0.6 is 0 Å². The number of ether oxygens (including phenoxy) is 2. The Labute approximate surface area is 118 Å². The molecule has 1 aromatic carbocycles. The number of methoxy groups -OCH3 is 1. The van der Waals surface area contributed by atoms with E-state index in [4.69, 9.17) is 15.2 Å². The van der Waals surface area contributed by atoms with Gasteiger partial charge in [-0.15, -0.1) is 0 Å². The van der Waals surface area contributed by atoms with E-state index in [1.54, 1.807) is 13.2 Å². The fraction of sp³-hybridized carbons (Fsp3) is 0.533. The molecule has 110 valence electrons. The molecule has 0 aliphatic heterocycles. The van der Waals surface area contributed by atoms with Gasteiger partial charge in [-0.1, -0.05) is 12.1 Å². The van der Waals surface area contributed by atoms with Crippen molar-refractivity contribution in [2.45, 2.75) is 19.3 Å². The van der Waals surface area contributed by atoms with Crippen LogP contribution in [0.2, 0.25) is 0 Å². The van der Waals surface area contributed by atoms with Gasteiger partial charge < -0.3 is 20.3 Å². The molecule has 1 aromatic rings. The Kier molecular flexibility index (Phi) is 4.49. The summed E-state index contributed by atoms with van der Waals surface area (Å²) in [6.45, 7) is 0.475. The maximum Gasteiger partial charge on any atom is 0.311 e. The van der Waals surface area contributed by atoms with Gasteiger partial charge >= 0.3 is 5.97 Å². The van der Waals surface area contributed by atoms with Gasteiger partial charge in [0.05, 0.1) is 19.1 Å². The average molecular weight is 279 g/mol. The lowest BCUT2D eigenvalue weighted by Gasteiger charge is -2.27. The molecule has 2 rings (SSSR count). The first-order valence-electron chi connectivity index (χ1n) is 6.83. The fourth-order valence-electron chi connectivity index (χ4n) is 2.56. The van der Waals surface area contributed by atoms with Gasteiger partial charge in [0.25, 0.3) is 0 Å². The third-order valence-corrected chi connectivity index (χ3v) is 4.02. The Hall–Kier alpha value is -1.75. The molecule has 0 radical (unpaired) electrons. The fourth-order valence-corrected chi connectivity index (χ4v) is 2.56. The highest BCUT2D eigenvalue weighted by atomic mass is 16.5. The van der Waals surface area contributed by atoms with Crippen molar-refractivity contribution in [2.24, 2.45) is 17.1 Å². The molecule has 0 heterocycles. The van der Waals surface area contributed by atoms with E-state index in [1.165, 1.54) is 0 Å². The SMILES string of the molecule is COc1ccccc1OCCC(CN)(C(=O)O)C1CC1. The number of hydrogen-bond donors (Lipinski definition) is 2. The van der Waals surface area contributed by atoms with Crippen LogP contribution in [-0.4, -0.2) is 31.3 Å². The molecule has 1 aliphatic rings. The molecular weight excluding hydrogens is 258 g/mol. The van der Waals surface area contributed by atoms with Crippen molar-refractivity contribution in [1.29, 1.82) is 0 Å². The van der Waals surface area contributed by atoms with E-state index in [1.807, 2.05) is 18.2 Å². The van der Waals surface area contributed by atoms with Crippen molar-refractivity contribution >= 4 is 5.97 Å². The number of rotatable bonds is 8. The first-order chi connectivity index (χ1) is 9.64. The van der Waals surface area contributed by atoms with Gasteiger partial charge in [-0.3, -0.25) is 4.79 Å². The van der Waals surface area contributed by atoms with Crippen molar-refractivity contribution in [3.63, 3.8) is 0 Å². The Balaban J connectivity index is 1.98. The summed E-state index contributed by atoms with van der Waals surface area (Å²) in [5.41, 5.74) is 4.88. The molecule has 1 fully saturated rings. The van der Waals surface area contributed by atoms with Crippen LogP contribution in [0.5, 0.6) is 11.5 Å². The third kappa shape index (κ3) is 2.88. The number of benzene rings is 1. The monoisotopic (exact) mass is 279 g/mol. The second-order valence-electron chi connectivity index (χ2n) is 5.19. The molecular formula is C15H21NO4. The minimum Gasteiger partial charge on any atom is -0.493 e. The minimum atomic E-state index is -0.845. The number of hydrogen-bond acceptors (Lipinski definition) is 4. The van der Waals surface area contributed by atoms with Gasteiger partial charge in [0.15, 0.2) is 11.5 Å². The molecule has 1 atom stereocenters. The summed E-state index contributed by atoms with van der Waals surface area (Å²) in [6, 6.07) is 7.33. The second kappa shape index (κ2) is 6.13. The lowest BCUT2D eigenvalue weighted by Crippen LogP contribution is -2.42. The Morgan fingerprint density at radius 3 is 2.55 bits per heavy atom. The topological polar surface area (TPSA) is 81.8 Å². The molecule has 0 amide bonds. The van der Waals surface area contributed by atoms with Crippen LogP contribution in [0.1, 0.15) is 19.3 Å². The Morgan fingerprint density at radius 1 is 1.40 bits per heavy atom. The van der Waals surface area contributed by atoms with E-state index in [0.717, 1.165) is 12.8 Å². The molecule has 1 saturated carbocycles. The molecule has 0 aromatic heterocycles. The van der Waals surface area contributed by atoms with Crippen LogP contribution in [0.15, 0.2) is 24.3 Å². The highest BCUT2D eigenvalue weighted by Gasteiger charge is 2.49. The highest BCUT2D eigenvalue weighted by molar-refractivity contribution is 5.76. The number of para-hydroxylation sites is 2. The van der Waals surface area contributed by atoms with Crippen molar-refractivity contribution in [3.05, 3.63) is 24.3 Å². The van der Waals surface area contributed by atoms with Crippen molar-refractivity contribution in [3.8, 4) is 11.5 Å². The Morgan fingerprint density at radius 2 is 2.05 bits per heavy atom. The molecule has 1 aliphatic carbocycles. The molecule has 5 heteroatoms. The third-order valence-electron chi connectivity index (χ3n) is 4.02. The van der Waals surface area contributed by atoms with Crippen LogP contribution in [0.3, 0.4) is 0 Å². The predicted octanol–water partition coefficient (Wildman–Crippen LogP) is 1.90. The number of nitrogens with two attached hydrogens (primary N) is 1. The predicted molar refractivity (Wildman–Crippen MR) is 75.0 cm³/mol. The standard InChI is InChI=1S/C15H21NO4/c1-19-12-4-2-3-5-13(12)20-9-8-15(10-16,14(17)18)11-6-7-11/h2-5,11H,6-10,16H2,1H3,(H,17,18). The normalized spacial score (nSPS) is 17.3. The van der Waals surface area contributed by atoms with Gasteiger partial charge in [-0.2, -0.15) is 0 Å². The minimum absolute atomic E-state index is 0.155. The molecule has 20 heavy (non-hydrogen) atoms. The van der Waals surface area contributed by atoms with E-state index in [0.29, 0.717) is 24.5 Å². The lowest BCUT2D eigenvalue weighted by atomic mass is 9.80.